The Hall–Kier alpha value is -2.14. The van der Waals surface area contributed by atoms with E-state index in [1.165, 1.54) is 31.4 Å². The molecule has 2 aromatic rings. The molecular formula is C13H9ClFNO3. The van der Waals surface area contributed by atoms with E-state index in [2.05, 4.69) is 4.98 Å². The number of carbonyl (C=O) groups is 1. The summed E-state index contributed by atoms with van der Waals surface area (Å²) >= 11 is 5.75. The summed E-state index contributed by atoms with van der Waals surface area (Å²) in [6.07, 6.45) is 0. The van der Waals surface area contributed by atoms with Crippen LogP contribution in [-0.2, 0) is 0 Å². The fourth-order valence-corrected chi connectivity index (χ4v) is 1.84. The van der Waals surface area contributed by atoms with E-state index in [-0.39, 0.29) is 27.7 Å². The fourth-order valence-electron chi connectivity index (χ4n) is 1.61. The molecule has 1 N–H and O–H groups in total. The molecule has 0 amide bonds. The number of ether oxygens (including phenoxy) is 1. The molecule has 0 aliphatic carbocycles. The smallest absolute Gasteiger partial charge is 0.338 e. The molecule has 4 nitrogen and oxygen atoms in total. The second-order valence-electron chi connectivity index (χ2n) is 3.66. The van der Waals surface area contributed by atoms with Crippen LogP contribution in [0.15, 0.2) is 30.3 Å². The standard InChI is InChI=1S/C13H9ClFNO3/c1-19-10-4-2-3-7(11(10)15)9-6-5-8(13(17)18)12(14)16-9/h2-6H,1H3,(H,17,18). The minimum atomic E-state index is -1.19. The van der Waals surface area contributed by atoms with Crippen molar-refractivity contribution < 1.29 is 19.0 Å². The Morgan fingerprint density at radius 1 is 1.37 bits per heavy atom. The lowest BCUT2D eigenvalue weighted by molar-refractivity contribution is 0.0696. The first kappa shape index (κ1) is 13.3. The van der Waals surface area contributed by atoms with E-state index >= 15 is 0 Å². The van der Waals surface area contributed by atoms with Crippen LogP contribution >= 0.6 is 11.6 Å². The normalized spacial score (nSPS) is 10.3. The Bertz CT molecular complexity index is 646. The molecule has 0 saturated carbocycles. The minimum absolute atomic E-state index is 0.0812. The molecule has 1 heterocycles. The topological polar surface area (TPSA) is 59.4 Å². The van der Waals surface area contributed by atoms with E-state index in [9.17, 15) is 9.18 Å². The van der Waals surface area contributed by atoms with Crippen molar-refractivity contribution in [2.24, 2.45) is 0 Å². The van der Waals surface area contributed by atoms with E-state index in [0.717, 1.165) is 0 Å². The lowest BCUT2D eigenvalue weighted by Gasteiger charge is -2.07. The third kappa shape index (κ3) is 2.51. The van der Waals surface area contributed by atoms with E-state index in [4.69, 9.17) is 21.4 Å². The van der Waals surface area contributed by atoms with Crippen LogP contribution in [0.1, 0.15) is 10.4 Å². The van der Waals surface area contributed by atoms with Crippen LogP contribution in [0.5, 0.6) is 5.75 Å². The van der Waals surface area contributed by atoms with E-state index in [1.807, 2.05) is 0 Å². The number of carboxylic acids is 1. The van der Waals surface area contributed by atoms with Gasteiger partial charge >= 0.3 is 5.97 Å². The van der Waals surface area contributed by atoms with E-state index in [1.54, 1.807) is 6.07 Å². The van der Waals surface area contributed by atoms with Crippen molar-refractivity contribution in [2.45, 2.75) is 0 Å². The predicted molar refractivity (Wildman–Crippen MR) is 68.2 cm³/mol. The summed E-state index contributed by atoms with van der Waals surface area (Å²) in [4.78, 5) is 14.7. The Morgan fingerprint density at radius 3 is 2.68 bits per heavy atom. The van der Waals surface area contributed by atoms with Crippen molar-refractivity contribution in [3.8, 4) is 17.0 Å². The molecule has 0 atom stereocenters. The number of pyridine rings is 1. The van der Waals surface area contributed by atoms with Gasteiger partial charge in [-0.25, -0.2) is 14.2 Å². The summed E-state index contributed by atoms with van der Waals surface area (Å²) in [6.45, 7) is 0. The third-order valence-electron chi connectivity index (χ3n) is 2.54. The van der Waals surface area contributed by atoms with Gasteiger partial charge in [-0.05, 0) is 24.3 Å². The van der Waals surface area contributed by atoms with E-state index < -0.39 is 11.8 Å². The molecule has 0 unspecified atom stereocenters. The maximum atomic E-state index is 14.0. The minimum Gasteiger partial charge on any atom is -0.494 e. The maximum absolute atomic E-state index is 14.0. The number of benzene rings is 1. The number of rotatable bonds is 3. The van der Waals surface area contributed by atoms with Gasteiger partial charge in [0.25, 0.3) is 0 Å². The largest absolute Gasteiger partial charge is 0.494 e. The zero-order valence-electron chi connectivity index (χ0n) is 9.85. The van der Waals surface area contributed by atoms with Gasteiger partial charge in [-0.1, -0.05) is 17.7 Å². The molecule has 0 aliphatic heterocycles. The van der Waals surface area contributed by atoms with Crippen LogP contribution in [0, 0.1) is 5.82 Å². The molecule has 6 heteroatoms. The van der Waals surface area contributed by atoms with Crippen LogP contribution in [0.4, 0.5) is 4.39 Å². The number of nitrogens with zero attached hydrogens (tertiary/aromatic N) is 1. The first-order valence-electron chi connectivity index (χ1n) is 5.27. The number of hydrogen-bond donors (Lipinski definition) is 1. The van der Waals surface area contributed by atoms with E-state index in [0.29, 0.717) is 0 Å². The monoisotopic (exact) mass is 281 g/mol. The SMILES string of the molecule is COc1cccc(-c2ccc(C(=O)O)c(Cl)n2)c1F. The van der Waals surface area contributed by atoms with Crippen LogP contribution in [0.3, 0.4) is 0 Å². The van der Waals surface area contributed by atoms with Crippen LogP contribution in [0.2, 0.25) is 5.15 Å². The third-order valence-corrected chi connectivity index (χ3v) is 2.83. The van der Waals surface area contributed by atoms with Gasteiger partial charge in [0.2, 0.25) is 0 Å². The second-order valence-corrected chi connectivity index (χ2v) is 4.02. The van der Waals surface area contributed by atoms with Gasteiger partial charge in [0.05, 0.1) is 18.4 Å². The van der Waals surface area contributed by atoms with Crippen molar-refractivity contribution in [2.75, 3.05) is 7.11 Å². The van der Waals surface area contributed by atoms with Crippen LogP contribution in [0.25, 0.3) is 11.3 Å². The number of methoxy groups -OCH3 is 1. The predicted octanol–water partition coefficient (Wildman–Crippen LogP) is 3.25. The Morgan fingerprint density at radius 2 is 2.11 bits per heavy atom. The van der Waals surface area contributed by atoms with Crippen molar-refractivity contribution >= 4 is 17.6 Å². The number of hydrogen-bond acceptors (Lipinski definition) is 3. The maximum Gasteiger partial charge on any atom is 0.338 e. The van der Waals surface area contributed by atoms with Crippen LogP contribution < -0.4 is 4.74 Å². The Kier molecular flexibility index (Phi) is 3.66. The zero-order valence-corrected chi connectivity index (χ0v) is 10.6. The summed E-state index contributed by atoms with van der Waals surface area (Å²) in [5, 5.41) is 8.66. The molecule has 0 radical (unpaired) electrons. The molecule has 0 bridgehead atoms. The molecule has 0 fully saturated rings. The quantitative estimate of drug-likeness (QED) is 0.878. The average Bonchev–Trinajstić information content (AvgIpc) is 2.38. The molecule has 0 spiro atoms. The van der Waals surface area contributed by atoms with Gasteiger partial charge in [-0.3, -0.25) is 0 Å². The van der Waals surface area contributed by atoms with Crippen LogP contribution in [-0.4, -0.2) is 23.2 Å². The molecular weight excluding hydrogens is 273 g/mol. The van der Waals surface area contributed by atoms with Crippen molar-refractivity contribution in [3.05, 3.63) is 46.9 Å². The summed E-state index contributed by atoms with van der Waals surface area (Å²) in [5.74, 6) is -1.68. The second kappa shape index (κ2) is 5.24. The molecule has 1 aromatic carbocycles. The van der Waals surface area contributed by atoms with Crippen molar-refractivity contribution in [1.82, 2.24) is 4.98 Å². The molecule has 1 aromatic heterocycles. The summed E-state index contributed by atoms with van der Waals surface area (Å²) < 4.78 is 18.9. The first-order valence-corrected chi connectivity index (χ1v) is 5.65. The number of carboxylic acid groups (broad SMARTS) is 1. The fraction of sp³-hybridized carbons (Fsp3) is 0.0769. The summed E-state index contributed by atoms with van der Waals surface area (Å²) in [5.41, 5.74) is 0.304. The Balaban J connectivity index is 2.54. The van der Waals surface area contributed by atoms with Gasteiger partial charge in [-0.15, -0.1) is 0 Å². The molecule has 0 aliphatic rings. The zero-order chi connectivity index (χ0) is 14.0. The molecule has 98 valence electrons. The average molecular weight is 282 g/mol. The van der Waals surface area contributed by atoms with Gasteiger partial charge in [0, 0.05) is 5.56 Å². The lowest BCUT2D eigenvalue weighted by atomic mass is 10.1. The number of aromatic nitrogens is 1. The highest BCUT2D eigenvalue weighted by molar-refractivity contribution is 6.32. The van der Waals surface area contributed by atoms with Gasteiger partial charge < -0.3 is 9.84 Å². The highest BCUT2D eigenvalue weighted by Crippen LogP contribution is 2.29. The van der Waals surface area contributed by atoms with Gasteiger partial charge in [0.1, 0.15) is 5.15 Å². The number of halogens is 2. The van der Waals surface area contributed by atoms with Gasteiger partial charge in [0.15, 0.2) is 11.6 Å². The molecule has 19 heavy (non-hydrogen) atoms. The highest BCUT2D eigenvalue weighted by atomic mass is 35.5. The molecule has 0 saturated heterocycles. The number of aromatic carboxylic acids is 1. The van der Waals surface area contributed by atoms with Crippen molar-refractivity contribution in [3.63, 3.8) is 0 Å². The first-order chi connectivity index (χ1) is 9.04. The van der Waals surface area contributed by atoms with Gasteiger partial charge in [-0.2, -0.15) is 0 Å². The Labute approximate surface area is 113 Å². The van der Waals surface area contributed by atoms with Crippen molar-refractivity contribution in [1.29, 1.82) is 0 Å². The summed E-state index contributed by atoms with van der Waals surface area (Å²) in [7, 11) is 1.36. The summed E-state index contributed by atoms with van der Waals surface area (Å²) in [6, 6.07) is 7.28. The molecule has 2 rings (SSSR count). The lowest BCUT2D eigenvalue weighted by Crippen LogP contribution is -2.00. The highest BCUT2D eigenvalue weighted by Gasteiger charge is 2.15.